The summed E-state index contributed by atoms with van der Waals surface area (Å²) >= 11 is 0. The normalized spacial score (nSPS) is 16.1. The van der Waals surface area contributed by atoms with Crippen molar-refractivity contribution in [2.24, 2.45) is 5.84 Å². The molecule has 1 amide bonds. The van der Waals surface area contributed by atoms with Crippen LogP contribution < -0.4 is 15.9 Å². The van der Waals surface area contributed by atoms with Gasteiger partial charge >= 0.3 is 6.36 Å². The Morgan fingerprint density at radius 2 is 1.93 bits per heavy atom. The first-order chi connectivity index (χ1) is 12.8. The van der Waals surface area contributed by atoms with E-state index in [2.05, 4.69) is 15.0 Å². The molecule has 27 heavy (non-hydrogen) atoms. The van der Waals surface area contributed by atoms with Crippen molar-refractivity contribution in [3.05, 3.63) is 48.3 Å². The summed E-state index contributed by atoms with van der Waals surface area (Å²) < 4.78 is 41.9. The molecule has 0 unspecified atom stereocenters. The van der Waals surface area contributed by atoms with E-state index < -0.39 is 6.36 Å². The number of carbonyl (C=O) groups is 1. The van der Waals surface area contributed by atoms with Crippen LogP contribution in [0.2, 0.25) is 0 Å². The number of piperidine rings is 1. The second-order valence-electron chi connectivity index (χ2n) is 6.29. The number of alkyl halides is 3. The van der Waals surface area contributed by atoms with Crippen LogP contribution in [0.1, 0.15) is 23.2 Å². The summed E-state index contributed by atoms with van der Waals surface area (Å²) in [6, 6.07) is 7.23. The second kappa shape index (κ2) is 7.93. The molecule has 0 spiro atoms. The van der Waals surface area contributed by atoms with Crippen molar-refractivity contribution in [1.29, 1.82) is 0 Å². The molecule has 0 saturated carbocycles. The number of ether oxygens (including phenoxy) is 1. The van der Waals surface area contributed by atoms with Gasteiger partial charge in [-0.25, -0.2) is 5.01 Å². The summed E-state index contributed by atoms with van der Waals surface area (Å²) in [5, 5.41) is 4.61. The number of para-hydroxylation sites is 1. The van der Waals surface area contributed by atoms with Crippen molar-refractivity contribution in [2.45, 2.75) is 25.2 Å². The SMILES string of the molecule is NN1CCC(NC(=O)c2cncc(-c3ccccc3OC(F)(F)F)c2)CC1. The number of hydrogen-bond acceptors (Lipinski definition) is 5. The van der Waals surface area contributed by atoms with E-state index in [9.17, 15) is 18.0 Å². The van der Waals surface area contributed by atoms with E-state index >= 15 is 0 Å². The molecule has 1 saturated heterocycles. The lowest BCUT2D eigenvalue weighted by Crippen LogP contribution is -2.47. The van der Waals surface area contributed by atoms with E-state index in [-0.39, 0.29) is 28.8 Å². The van der Waals surface area contributed by atoms with E-state index in [1.807, 2.05) is 0 Å². The van der Waals surface area contributed by atoms with E-state index in [1.165, 1.54) is 36.7 Å². The fourth-order valence-corrected chi connectivity index (χ4v) is 2.94. The lowest BCUT2D eigenvalue weighted by molar-refractivity contribution is -0.274. The molecule has 0 atom stereocenters. The molecule has 1 fully saturated rings. The summed E-state index contributed by atoms with van der Waals surface area (Å²) in [6.45, 7) is 1.37. The van der Waals surface area contributed by atoms with Crippen molar-refractivity contribution >= 4 is 5.91 Å². The van der Waals surface area contributed by atoms with Gasteiger partial charge in [0.2, 0.25) is 0 Å². The number of amides is 1. The van der Waals surface area contributed by atoms with Gasteiger partial charge in [-0.15, -0.1) is 13.2 Å². The monoisotopic (exact) mass is 380 g/mol. The number of nitrogens with one attached hydrogen (secondary N) is 1. The molecule has 9 heteroatoms. The minimum Gasteiger partial charge on any atom is -0.405 e. The summed E-state index contributed by atoms with van der Waals surface area (Å²) in [4.78, 5) is 16.5. The number of hydrogen-bond donors (Lipinski definition) is 2. The molecule has 144 valence electrons. The maximum absolute atomic E-state index is 12.6. The van der Waals surface area contributed by atoms with Crippen LogP contribution in [0.3, 0.4) is 0 Å². The van der Waals surface area contributed by atoms with Gasteiger partial charge in [-0.1, -0.05) is 18.2 Å². The summed E-state index contributed by atoms with van der Waals surface area (Å²) in [6.07, 6.45) is -0.571. The predicted molar refractivity (Wildman–Crippen MR) is 92.6 cm³/mol. The molecule has 3 rings (SSSR count). The van der Waals surface area contributed by atoms with Crippen molar-refractivity contribution in [1.82, 2.24) is 15.3 Å². The minimum atomic E-state index is -4.81. The number of halogens is 3. The predicted octanol–water partition coefficient (Wildman–Crippen LogP) is 2.72. The van der Waals surface area contributed by atoms with Crippen LogP contribution in [0.4, 0.5) is 13.2 Å². The fraction of sp³-hybridized carbons (Fsp3) is 0.333. The maximum atomic E-state index is 12.6. The molecule has 1 aromatic heterocycles. The van der Waals surface area contributed by atoms with Gasteiger partial charge in [0.25, 0.3) is 5.91 Å². The number of benzene rings is 1. The Morgan fingerprint density at radius 1 is 1.22 bits per heavy atom. The Kier molecular flexibility index (Phi) is 5.62. The highest BCUT2D eigenvalue weighted by atomic mass is 19.4. The van der Waals surface area contributed by atoms with Gasteiger partial charge in [0.1, 0.15) is 5.75 Å². The Morgan fingerprint density at radius 3 is 2.63 bits per heavy atom. The number of nitrogens with two attached hydrogens (primary N) is 1. The molecule has 0 bridgehead atoms. The molecule has 3 N–H and O–H groups in total. The van der Waals surface area contributed by atoms with Gasteiger partial charge in [0.15, 0.2) is 0 Å². The van der Waals surface area contributed by atoms with Gasteiger partial charge in [-0.3, -0.25) is 15.6 Å². The van der Waals surface area contributed by atoms with E-state index in [4.69, 9.17) is 5.84 Å². The van der Waals surface area contributed by atoms with Gasteiger partial charge in [0, 0.05) is 42.7 Å². The third-order valence-electron chi connectivity index (χ3n) is 4.29. The first-order valence-corrected chi connectivity index (χ1v) is 8.42. The van der Waals surface area contributed by atoms with Crippen molar-refractivity contribution in [3.8, 4) is 16.9 Å². The lowest BCUT2D eigenvalue weighted by atomic mass is 10.0. The molecule has 1 aliphatic rings. The largest absolute Gasteiger partial charge is 0.573 e. The Bertz CT molecular complexity index is 805. The minimum absolute atomic E-state index is 0.00167. The van der Waals surface area contributed by atoms with Gasteiger partial charge in [0.05, 0.1) is 5.56 Å². The van der Waals surface area contributed by atoms with Crippen molar-refractivity contribution < 1.29 is 22.7 Å². The van der Waals surface area contributed by atoms with E-state index in [1.54, 1.807) is 11.1 Å². The van der Waals surface area contributed by atoms with Crippen molar-refractivity contribution in [2.75, 3.05) is 13.1 Å². The molecule has 0 aliphatic carbocycles. The molecule has 0 radical (unpaired) electrons. The standard InChI is InChI=1S/C18H19F3N4O2/c19-18(20,21)27-16-4-2-1-3-15(16)12-9-13(11-23-10-12)17(26)24-14-5-7-25(22)8-6-14/h1-4,9-11,14H,5-8,22H2,(H,24,26). The molecule has 1 aliphatic heterocycles. The number of pyridine rings is 1. The Hall–Kier alpha value is -2.65. The molecule has 2 heterocycles. The van der Waals surface area contributed by atoms with Crippen molar-refractivity contribution in [3.63, 3.8) is 0 Å². The highest BCUT2D eigenvalue weighted by Crippen LogP contribution is 2.33. The average Bonchev–Trinajstić information content (AvgIpc) is 2.63. The van der Waals surface area contributed by atoms with Gasteiger partial charge in [-0.2, -0.15) is 0 Å². The summed E-state index contributed by atoms with van der Waals surface area (Å²) in [5.41, 5.74) is 0.831. The Labute approximate surface area is 154 Å². The van der Waals surface area contributed by atoms with Gasteiger partial charge < -0.3 is 10.1 Å². The average molecular weight is 380 g/mol. The number of carbonyl (C=O) groups excluding carboxylic acids is 1. The van der Waals surface area contributed by atoms with E-state index in [0.717, 1.165) is 12.8 Å². The van der Waals surface area contributed by atoms with Crippen LogP contribution in [-0.4, -0.2) is 41.4 Å². The molecule has 2 aromatic rings. The number of hydrazine groups is 1. The van der Waals surface area contributed by atoms with Gasteiger partial charge in [-0.05, 0) is 25.0 Å². The van der Waals surface area contributed by atoms with Crippen LogP contribution in [0.15, 0.2) is 42.7 Å². The zero-order chi connectivity index (χ0) is 19.4. The smallest absolute Gasteiger partial charge is 0.405 e. The number of nitrogens with zero attached hydrogens (tertiary/aromatic N) is 2. The maximum Gasteiger partial charge on any atom is 0.573 e. The highest BCUT2D eigenvalue weighted by molar-refractivity contribution is 5.95. The third kappa shape index (κ3) is 5.18. The summed E-state index contributed by atoms with van der Waals surface area (Å²) in [7, 11) is 0. The highest BCUT2D eigenvalue weighted by Gasteiger charge is 2.32. The number of aromatic nitrogens is 1. The van der Waals surface area contributed by atoms with Crippen LogP contribution in [-0.2, 0) is 0 Å². The third-order valence-corrected chi connectivity index (χ3v) is 4.29. The zero-order valence-corrected chi connectivity index (χ0v) is 14.4. The van der Waals surface area contributed by atoms with Crippen LogP contribution in [0.25, 0.3) is 11.1 Å². The Balaban J connectivity index is 1.79. The second-order valence-corrected chi connectivity index (χ2v) is 6.29. The first kappa shape index (κ1) is 19.1. The molecular weight excluding hydrogens is 361 g/mol. The molecule has 1 aromatic carbocycles. The van der Waals surface area contributed by atoms with Crippen LogP contribution in [0.5, 0.6) is 5.75 Å². The molecule has 6 nitrogen and oxygen atoms in total. The summed E-state index contributed by atoms with van der Waals surface area (Å²) in [5.74, 6) is 5.03. The topological polar surface area (TPSA) is 80.5 Å². The molecular formula is C18H19F3N4O2. The first-order valence-electron chi connectivity index (χ1n) is 8.42. The number of rotatable bonds is 4. The van der Waals surface area contributed by atoms with Crippen LogP contribution in [0, 0.1) is 0 Å². The van der Waals surface area contributed by atoms with E-state index in [0.29, 0.717) is 18.7 Å². The fourth-order valence-electron chi connectivity index (χ4n) is 2.94. The van der Waals surface area contributed by atoms with Crippen LogP contribution >= 0.6 is 0 Å². The lowest BCUT2D eigenvalue weighted by Gasteiger charge is -2.29. The quantitative estimate of drug-likeness (QED) is 0.798. The zero-order valence-electron chi connectivity index (χ0n) is 14.4.